The van der Waals surface area contributed by atoms with Crippen LogP contribution in [0.2, 0.25) is 0 Å². The first-order valence-corrected chi connectivity index (χ1v) is 9.31. The molecule has 3 N–H and O–H groups in total. The zero-order chi connectivity index (χ0) is 19.3. The minimum atomic E-state index is -0.230. The summed E-state index contributed by atoms with van der Waals surface area (Å²) in [6.45, 7) is 1.78. The maximum Gasteiger partial charge on any atom is 0.231 e. The minimum absolute atomic E-state index is 0.230. The Morgan fingerprint density at radius 2 is 1.89 bits per heavy atom. The van der Waals surface area contributed by atoms with Gasteiger partial charge in [-0.05, 0) is 54.3 Å². The quantitative estimate of drug-likeness (QED) is 0.453. The van der Waals surface area contributed by atoms with E-state index in [0.717, 1.165) is 59.9 Å². The number of aliphatic imine (C=N–C) groups is 1. The van der Waals surface area contributed by atoms with Crippen LogP contribution in [0.15, 0.2) is 47.6 Å². The summed E-state index contributed by atoms with van der Waals surface area (Å²) in [6.07, 6.45) is 3.60. The lowest BCUT2D eigenvalue weighted by Gasteiger charge is -2.12. The van der Waals surface area contributed by atoms with Crippen LogP contribution in [0.3, 0.4) is 0 Å². The van der Waals surface area contributed by atoms with E-state index in [1.807, 2.05) is 30.5 Å². The topological polar surface area (TPSA) is 70.7 Å². The summed E-state index contributed by atoms with van der Waals surface area (Å²) in [5.74, 6) is 2.13. The number of aromatic amines is 1. The summed E-state index contributed by atoms with van der Waals surface area (Å²) < 4.78 is 24.0. The van der Waals surface area contributed by atoms with Gasteiger partial charge in [0.1, 0.15) is 5.82 Å². The molecule has 0 unspecified atom stereocenters. The molecule has 7 heteroatoms. The number of halogens is 1. The SMILES string of the molecule is CN=C(NCCc1ccc2c(c1)OCO2)NCCc1c[nH]c2cc(F)ccc12. The second-order valence-electron chi connectivity index (χ2n) is 6.62. The molecule has 28 heavy (non-hydrogen) atoms. The molecule has 0 radical (unpaired) electrons. The number of H-pyrrole nitrogens is 1. The highest BCUT2D eigenvalue weighted by atomic mass is 19.1. The number of guanidine groups is 1. The molecular weight excluding hydrogens is 359 g/mol. The molecule has 0 bridgehead atoms. The van der Waals surface area contributed by atoms with Crippen molar-refractivity contribution in [2.24, 2.45) is 4.99 Å². The molecule has 2 heterocycles. The fraction of sp³-hybridized carbons (Fsp3) is 0.286. The molecule has 6 nitrogen and oxygen atoms in total. The standard InChI is InChI=1S/C21H23FN4O2/c1-23-21(24-8-6-14-2-5-19-20(10-14)28-13-27-19)25-9-7-15-12-26-18-11-16(22)3-4-17(15)18/h2-5,10-12,26H,6-9,13H2,1H3,(H2,23,24,25). The smallest absolute Gasteiger partial charge is 0.231 e. The van der Waals surface area contributed by atoms with Gasteiger partial charge in [-0.1, -0.05) is 6.07 Å². The molecule has 3 aromatic rings. The van der Waals surface area contributed by atoms with Gasteiger partial charge < -0.3 is 25.1 Å². The maximum atomic E-state index is 13.3. The average molecular weight is 382 g/mol. The lowest BCUT2D eigenvalue weighted by atomic mass is 10.1. The summed E-state index contributed by atoms with van der Waals surface area (Å²) in [4.78, 5) is 7.38. The van der Waals surface area contributed by atoms with E-state index in [1.165, 1.54) is 17.7 Å². The van der Waals surface area contributed by atoms with Gasteiger partial charge in [0.2, 0.25) is 6.79 Å². The molecule has 0 amide bonds. The number of nitrogens with one attached hydrogen (secondary N) is 3. The highest BCUT2D eigenvalue weighted by Gasteiger charge is 2.13. The Kier molecular flexibility index (Phi) is 5.32. The first kappa shape index (κ1) is 18.2. The van der Waals surface area contributed by atoms with Crippen LogP contribution in [0.1, 0.15) is 11.1 Å². The van der Waals surface area contributed by atoms with E-state index in [9.17, 15) is 4.39 Å². The van der Waals surface area contributed by atoms with Crippen molar-refractivity contribution in [1.82, 2.24) is 15.6 Å². The van der Waals surface area contributed by atoms with Crippen LogP contribution in [0.4, 0.5) is 4.39 Å². The molecule has 2 aromatic carbocycles. The van der Waals surface area contributed by atoms with Crippen molar-refractivity contribution in [1.29, 1.82) is 0 Å². The third-order valence-corrected chi connectivity index (χ3v) is 4.78. The van der Waals surface area contributed by atoms with Gasteiger partial charge >= 0.3 is 0 Å². The van der Waals surface area contributed by atoms with Gasteiger partial charge in [0, 0.05) is 37.2 Å². The van der Waals surface area contributed by atoms with E-state index in [1.54, 1.807) is 7.05 Å². The van der Waals surface area contributed by atoms with Crippen LogP contribution in [0, 0.1) is 5.82 Å². The van der Waals surface area contributed by atoms with Gasteiger partial charge in [-0.25, -0.2) is 4.39 Å². The number of ether oxygens (including phenoxy) is 2. The Morgan fingerprint density at radius 3 is 2.75 bits per heavy atom. The molecule has 0 atom stereocenters. The summed E-state index contributed by atoms with van der Waals surface area (Å²) in [5.41, 5.74) is 3.15. The Labute approximate surface area is 162 Å². The van der Waals surface area contributed by atoms with Crippen molar-refractivity contribution >= 4 is 16.9 Å². The summed E-state index contributed by atoms with van der Waals surface area (Å²) in [5, 5.41) is 7.69. The molecule has 0 saturated carbocycles. The van der Waals surface area contributed by atoms with Crippen LogP contribution in [-0.2, 0) is 12.8 Å². The summed E-state index contributed by atoms with van der Waals surface area (Å²) in [6, 6.07) is 10.8. The van der Waals surface area contributed by atoms with Gasteiger partial charge in [-0.15, -0.1) is 0 Å². The monoisotopic (exact) mass is 382 g/mol. The van der Waals surface area contributed by atoms with Gasteiger partial charge in [-0.3, -0.25) is 4.99 Å². The van der Waals surface area contributed by atoms with Gasteiger partial charge in [0.05, 0.1) is 0 Å². The third-order valence-electron chi connectivity index (χ3n) is 4.78. The first-order chi connectivity index (χ1) is 13.7. The van der Waals surface area contributed by atoms with Crippen molar-refractivity contribution in [3.63, 3.8) is 0 Å². The van der Waals surface area contributed by atoms with Gasteiger partial charge in [-0.2, -0.15) is 0 Å². The molecule has 1 aliphatic rings. The zero-order valence-corrected chi connectivity index (χ0v) is 15.7. The largest absolute Gasteiger partial charge is 0.454 e. The van der Waals surface area contributed by atoms with E-state index in [-0.39, 0.29) is 5.82 Å². The van der Waals surface area contributed by atoms with Crippen molar-refractivity contribution in [3.8, 4) is 11.5 Å². The number of aromatic nitrogens is 1. The van der Waals surface area contributed by atoms with Crippen molar-refractivity contribution in [2.75, 3.05) is 26.9 Å². The highest BCUT2D eigenvalue weighted by Crippen LogP contribution is 2.32. The molecule has 0 spiro atoms. The minimum Gasteiger partial charge on any atom is -0.454 e. The van der Waals surface area contributed by atoms with Crippen LogP contribution in [0.25, 0.3) is 10.9 Å². The second kappa shape index (κ2) is 8.21. The Morgan fingerprint density at radius 1 is 1.07 bits per heavy atom. The predicted octanol–water partition coefficient (Wildman–Crippen LogP) is 2.99. The number of rotatable bonds is 6. The molecule has 146 valence electrons. The number of hydrogen-bond acceptors (Lipinski definition) is 3. The first-order valence-electron chi connectivity index (χ1n) is 9.31. The average Bonchev–Trinajstić information content (AvgIpc) is 3.33. The molecule has 0 saturated heterocycles. The third kappa shape index (κ3) is 4.03. The van der Waals surface area contributed by atoms with Crippen LogP contribution < -0.4 is 20.1 Å². The Hall–Kier alpha value is -3.22. The van der Waals surface area contributed by atoms with E-state index in [0.29, 0.717) is 6.79 Å². The van der Waals surface area contributed by atoms with Gasteiger partial charge in [0.15, 0.2) is 17.5 Å². The molecule has 4 rings (SSSR count). The van der Waals surface area contributed by atoms with E-state index in [2.05, 4.69) is 20.6 Å². The number of benzene rings is 2. The lowest BCUT2D eigenvalue weighted by Crippen LogP contribution is -2.39. The van der Waals surface area contributed by atoms with E-state index < -0.39 is 0 Å². The van der Waals surface area contributed by atoms with Crippen LogP contribution in [-0.4, -0.2) is 37.9 Å². The van der Waals surface area contributed by atoms with E-state index >= 15 is 0 Å². The normalized spacial score (nSPS) is 13.1. The van der Waals surface area contributed by atoms with Crippen molar-refractivity contribution in [2.45, 2.75) is 12.8 Å². The second-order valence-corrected chi connectivity index (χ2v) is 6.62. The Balaban J connectivity index is 1.24. The summed E-state index contributed by atoms with van der Waals surface area (Å²) >= 11 is 0. The van der Waals surface area contributed by atoms with E-state index in [4.69, 9.17) is 9.47 Å². The van der Waals surface area contributed by atoms with Crippen LogP contribution in [0.5, 0.6) is 11.5 Å². The number of hydrogen-bond donors (Lipinski definition) is 3. The number of nitrogens with zero attached hydrogens (tertiary/aromatic N) is 1. The number of fused-ring (bicyclic) bond motifs is 2. The molecule has 0 fully saturated rings. The fourth-order valence-corrected chi connectivity index (χ4v) is 3.32. The maximum absolute atomic E-state index is 13.3. The fourth-order valence-electron chi connectivity index (χ4n) is 3.32. The predicted molar refractivity (Wildman–Crippen MR) is 108 cm³/mol. The highest BCUT2D eigenvalue weighted by molar-refractivity contribution is 5.83. The van der Waals surface area contributed by atoms with Crippen molar-refractivity contribution < 1.29 is 13.9 Å². The molecule has 1 aromatic heterocycles. The molecular formula is C21H23FN4O2. The zero-order valence-electron chi connectivity index (χ0n) is 15.7. The van der Waals surface area contributed by atoms with Crippen molar-refractivity contribution in [3.05, 3.63) is 59.5 Å². The van der Waals surface area contributed by atoms with Gasteiger partial charge in [0.25, 0.3) is 0 Å². The lowest BCUT2D eigenvalue weighted by molar-refractivity contribution is 0.174. The Bertz CT molecular complexity index is 999. The summed E-state index contributed by atoms with van der Waals surface area (Å²) in [7, 11) is 1.75. The molecule has 0 aliphatic carbocycles. The van der Waals surface area contributed by atoms with Crippen LogP contribution >= 0.6 is 0 Å². The molecule has 1 aliphatic heterocycles.